The number of amides is 3. The number of ether oxygens (including phenoxy) is 3. The quantitative estimate of drug-likeness (QED) is 0.0568. The van der Waals surface area contributed by atoms with Crippen LogP contribution in [0.25, 0.3) is 0 Å². The highest BCUT2D eigenvalue weighted by atomic mass is 16.6. The van der Waals surface area contributed by atoms with Crippen LogP contribution in [0.2, 0.25) is 0 Å². The number of hydrogen-bond acceptors (Lipinski definition) is 12. The zero-order valence-electron chi connectivity index (χ0n) is 41.3. The largest absolute Gasteiger partial charge is 0.449 e. The van der Waals surface area contributed by atoms with Crippen molar-refractivity contribution in [3.8, 4) is 0 Å². The molecule has 0 unspecified atom stereocenters. The Balaban J connectivity index is 0.918. The number of alkyl carbamates (subject to hydrolysis) is 3. The van der Waals surface area contributed by atoms with Gasteiger partial charge >= 0.3 is 18.3 Å². The standard InChI is InChI=1S/C53H84N6O9/c1-2-53(34-68-52(65)59-49-25-17-43(18-26-49)29-42-15-23-48(24-16-42)58-37-62,32-66-50(63)54-30-44-7-3-38(4-8-44)27-40-11-19-46(20-12-40)56-35-60)33-67-51(64)55-31-45-9-5-39(6-10-45)28-41-13-21-47(22-14-41)57-36-61/h38-49H,2-34H2,1H3,(H,54,63)(H,55,64)(H,59,65). The Morgan fingerprint density at radius 1 is 0.426 bits per heavy atom. The van der Waals surface area contributed by atoms with Crippen molar-refractivity contribution in [2.24, 2.45) is 67.7 Å². The molecule has 0 aliphatic heterocycles. The predicted octanol–water partition coefficient (Wildman–Crippen LogP) is 10.6. The lowest BCUT2D eigenvalue weighted by molar-refractivity contribution is -0.0186. The summed E-state index contributed by atoms with van der Waals surface area (Å²) in [5.41, 5.74) is -0.937. The molecule has 6 aliphatic carbocycles. The van der Waals surface area contributed by atoms with Crippen molar-refractivity contribution >= 4 is 36.5 Å². The van der Waals surface area contributed by atoms with Gasteiger partial charge in [0.25, 0.3) is 0 Å². The van der Waals surface area contributed by atoms with E-state index in [1.54, 1.807) is 18.2 Å². The first kappa shape index (κ1) is 53.3. The molecule has 0 atom stereocenters. The zero-order chi connectivity index (χ0) is 48.0. The SMILES string of the molecule is CCC(COC(=O)NCC1CCC(CC2CCC(N=C=O)CC2)CC1)(COC(=O)NCC1CCC(CC2CCC(N=C=O)CC2)CC1)COC(=O)NC1CCC(CC2CCC(N=C=O)CC2)CC1. The average molecular weight is 949 g/mol. The van der Waals surface area contributed by atoms with E-state index in [1.807, 2.05) is 6.92 Å². The molecule has 15 nitrogen and oxygen atoms in total. The molecule has 6 saturated carbocycles. The molecule has 0 aromatic carbocycles. The fourth-order valence-electron chi connectivity index (χ4n) is 12.9. The monoisotopic (exact) mass is 949 g/mol. The zero-order valence-corrected chi connectivity index (χ0v) is 41.3. The number of nitrogens with one attached hydrogen (secondary N) is 3. The number of carbonyl (C=O) groups excluding carboxylic acids is 6. The highest BCUT2D eigenvalue weighted by molar-refractivity contribution is 5.68. The van der Waals surface area contributed by atoms with E-state index in [1.165, 1.54) is 19.3 Å². The van der Waals surface area contributed by atoms with Gasteiger partial charge in [0.2, 0.25) is 18.2 Å². The van der Waals surface area contributed by atoms with Crippen molar-refractivity contribution in [3.05, 3.63) is 0 Å². The van der Waals surface area contributed by atoms with Gasteiger partial charge in [-0.25, -0.2) is 43.7 Å². The van der Waals surface area contributed by atoms with Crippen LogP contribution in [-0.2, 0) is 28.6 Å². The van der Waals surface area contributed by atoms with Gasteiger partial charge in [0.05, 0.1) is 23.5 Å². The van der Waals surface area contributed by atoms with E-state index in [0.29, 0.717) is 66.9 Å². The van der Waals surface area contributed by atoms with Crippen LogP contribution in [0.15, 0.2) is 15.0 Å². The maximum absolute atomic E-state index is 13.3. The highest BCUT2D eigenvalue weighted by Gasteiger charge is 2.36. The molecular weight excluding hydrogens is 865 g/mol. The minimum Gasteiger partial charge on any atom is -0.449 e. The van der Waals surface area contributed by atoms with Gasteiger partial charge in [-0.15, -0.1) is 0 Å². The molecule has 0 aromatic rings. The molecule has 0 aromatic heterocycles. The number of isocyanates is 3. The van der Waals surface area contributed by atoms with Crippen LogP contribution in [0.4, 0.5) is 14.4 Å². The maximum atomic E-state index is 13.3. The van der Waals surface area contributed by atoms with E-state index < -0.39 is 23.7 Å². The van der Waals surface area contributed by atoms with Crippen molar-refractivity contribution in [3.63, 3.8) is 0 Å². The first-order valence-electron chi connectivity index (χ1n) is 27.1. The number of aliphatic imine (C=N–C) groups is 3. The molecule has 0 heterocycles. The average Bonchev–Trinajstić information content (AvgIpc) is 3.36. The molecule has 6 aliphatic rings. The Hall–Kier alpha value is -4.05. The summed E-state index contributed by atoms with van der Waals surface area (Å²) in [6, 6.07) is 0.459. The number of hydrogen-bond donors (Lipinski definition) is 3. The molecule has 6 rings (SSSR count). The van der Waals surface area contributed by atoms with E-state index >= 15 is 0 Å². The predicted molar refractivity (Wildman–Crippen MR) is 258 cm³/mol. The molecule has 0 bridgehead atoms. The fraction of sp³-hybridized carbons (Fsp3) is 0.887. The third-order valence-corrected chi connectivity index (χ3v) is 17.6. The summed E-state index contributed by atoms with van der Waals surface area (Å²) < 4.78 is 17.5. The second-order valence-corrected chi connectivity index (χ2v) is 22.4. The second kappa shape index (κ2) is 28.6. The van der Waals surface area contributed by atoms with Crippen LogP contribution < -0.4 is 16.0 Å². The molecule has 0 saturated heterocycles. The Morgan fingerprint density at radius 2 is 0.706 bits per heavy atom. The molecule has 6 fully saturated rings. The molecule has 3 N–H and O–H groups in total. The molecule has 0 radical (unpaired) electrons. The summed E-state index contributed by atoms with van der Waals surface area (Å²) in [4.78, 5) is 83.5. The summed E-state index contributed by atoms with van der Waals surface area (Å²) in [5, 5.41) is 9.07. The Morgan fingerprint density at radius 3 is 1.01 bits per heavy atom. The van der Waals surface area contributed by atoms with Crippen molar-refractivity contribution in [1.82, 2.24) is 16.0 Å². The fourth-order valence-corrected chi connectivity index (χ4v) is 12.9. The third-order valence-electron chi connectivity index (χ3n) is 17.6. The Kier molecular flexibility index (Phi) is 22.4. The molecule has 3 amide bonds. The topological polar surface area (TPSA) is 203 Å². The minimum atomic E-state index is -0.937. The third kappa shape index (κ3) is 18.4. The van der Waals surface area contributed by atoms with Gasteiger partial charge in [-0.05, 0) is 201 Å². The lowest BCUT2D eigenvalue weighted by Gasteiger charge is -2.34. The summed E-state index contributed by atoms with van der Waals surface area (Å²) in [6.45, 7) is 2.78. The van der Waals surface area contributed by atoms with Crippen molar-refractivity contribution < 1.29 is 43.0 Å². The Labute approximate surface area is 405 Å². The van der Waals surface area contributed by atoms with Gasteiger partial charge in [-0.3, -0.25) is 0 Å². The van der Waals surface area contributed by atoms with E-state index in [4.69, 9.17) is 14.2 Å². The second-order valence-electron chi connectivity index (χ2n) is 22.4. The van der Waals surface area contributed by atoms with Crippen molar-refractivity contribution in [2.45, 2.75) is 211 Å². The van der Waals surface area contributed by atoms with Crippen LogP contribution >= 0.6 is 0 Å². The summed E-state index contributed by atoms with van der Waals surface area (Å²) >= 11 is 0. The highest BCUT2D eigenvalue weighted by Crippen LogP contribution is 2.40. The molecular formula is C53H84N6O9. The summed E-state index contributed by atoms with van der Waals surface area (Å²) in [7, 11) is 0. The first-order chi connectivity index (χ1) is 33.1. The number of nitrogens with zero attached hydrogens (tertiary/aromatic N) is 3. The normalized spacial score (nSPS) is 32.8. The van der Waals surface area contributed by atoms with Gasteiger partial charge in [-0.2, -0.15) is 0 Å². The summed E-state index contributed by atoms with van der Waals surface area (Å²) in [5.74, 6) is 4.87. The number of rotatable bonds is 21. The van der Waals surface area contributed by atoms with E-state index in [2.05, 4.69) is 30.9 Å². The van der Waals surface area contributed by atoms with Gasteiger partial charge in [0.1, 0.15) is 19.8 Å². The molecule has 0 spiro atoms. The van der Waals surface area contributed by atoms with Gasteiger partial charge in [-0.1, -0.05) is 32.6 Å². The van der Waals surface area contributed by atoms with E-state index in [0.717, 1.165) is 154 Å². The Bertz CT molecular complexity index is 1600. The minimum absolute atomic E-state index is 0.0236. The van der Waals surface area contributed by atoms with Crippen LogP contribution in [0, 0.1) is 52.8 Å². The van der Waals surface area contributed by atoms with Crippen LogP contribution in [-0.4, -0.2) is 93.6 Å². The lowest BCUT2D eigenvalue weighted by Crippen LogP contribution is -2.44. The van der Waals surface area contributed by atoms with Gasteiger partial charge in [0.15, 0.2) is 0 Å². The van der Waals surface area contributed by atoms with Gasteiger partial charge in [0, 0.05) is 19.1 Å². The number of carbonyl (C=O) groups is 3. The van der Waals surface area contributed by atoms with Crippen molar-refractivity contribution in [2.75, 3.05) is 32.9 Å². The van der Waals surface area contributed by atoms with Crippen molar-refractivity contribution in [1.29, 1.82) is 0 Å². The molecule has 15 heteroatoms. The lowest BCUT2D eigenvalue weighted by atomic mass is 9.74. The van der Waals surface area contributed by atoms with E-state index in [9.17, 15) is 28.8 Å². The smallest absolute Gasteiger partial charge is 0.407 e. The van der Waals surface area contributed by atoms with Crippen LogP contribution in [0.3, 0.4) is 0 Å². The van der Waals surface area contributed by atoms with Gasteiger partial charge < -0.3 is 30.2 Å². The summed E-state index contributed by atoms with van der Waals surface area (Å²) in [6.07, 6.45) is 33.0. The first-order valence-corrected chi connectivity index (χ1v) is 27.1. The molecule has 380 valence electrons. The van der Waals surface area contributed by atoms with Crippen LogP contribution in [0.5, 0.6) is 0 Å². The molecule has 68 heavy (non-hydrogen) atoms. The van der Waals surface area contributed by atoms with Crippen LogP contribution in [0.1, 0.15) is 187 Å². The maximum Gasteiger partial charge on any atom is 0.407 e. The van der Waals surface area contributed by atoms with E-state index in [-0.39, 0.29) is 44.0 Å².